The molecule has 0 radical (unpaired) electrons. The van der Waals surface area contributed by atoms with Crippen molar-refractivity contribution in [2.45, 2.75) is 6.92 Å². The van der Waals surface area contributed by atoms with E-state index in [4.69, 9.17) is 10.2 Å². The van der Waals surface area contributed by atoms with Crippen LogP contribution < -0.4 is 4.90 Å². The lowest BCUT2D eigenvalue weighted by Crippen LogP contribution is -2.26. The van der Waals surface area contributed by atoms with Crippen molar-refractivity contribution in [2.75, 3.05) is 49.5 Å². The van der Waals surface area contributed by atoms with Gasteiger partial charge in [0.05, 0.1) is 13.2 Å². The number of Topliss-reactive ketones (excluding diaryl/α,β-unsaturated/α-hetero) is 1. The van der Waals surface area contributed by atoms with Crippen molar-refractivity contribution in [3.05, 3.63) is 29.3 Å². The van der Waals surface area contributed by atoms with E-state index in [0.29, 0.717) is 17.3 Å². The van der Waals surface area contributed by atoms with Crippen LogP contribution in [0.5, 0.6) is 0 Å². The van der Waals surface area contributed by atoms with Gasteiger partial charge in [0.1, 0.15) is 11.5 Å². The van der Waals surface area contributed by atoms with Gasteiger partial charge in [-0.05, 0) is 30.7 Å². The summed E-state index contributed by atoms with van der Waals surface area (Å²) in [5.74, 6) is 1.67. The molecule has 0 bridgehead atoms. The molecule has 0 amide bonds. The molecule has 0 saturated heterocycles. The Labute approximate surface area is 123 Å². The highest BCUT2D eigenvalue weighted by atomic mass is 32.2. The number of benzene rings is 1. The highest BCUT2D eigenvalue weighted by Crippen LogP contribution is 2.18. The molecule has 1 rings (SSSR count). The van der Waals surface area contributed by atoms with Gasteiger partial charge in [0.2, 0.25) is 5.78 Å². The van der Waals surface area contributed by atoms with Crippen molar-refractivity contribution in [3.8, 4) is 0 Å². The minimum atomic E-state index is -0.237. The fourth-order valence-corrected chi connectivity index (χ4v) is 3.54. The lowest BCUT2D eigenvalue weighted by molar-refractivity contribution is 0.102. The Bertz CT molecular complexity index is 443. The van der Waals surface area contributed by atoms with Gasteiger partial charge < -0.3 is 15.1 Å². The molecule has 0 fully saturated rings. The van der Waals surface area contributed by atoms with Gasteiger partial charge in [-0.3, -0.25) is 4.79 Å². The monoisotopic (exact) mass is 298 g/mol. The van der Waals surface area contributed by atoms with Gasteiger partial charge in [-0.25, -0.2) is 0 Å². The second-order valence-electron chi connectivity index (χ2n) is 4.93. The fraction of sp³-hybridized carbons (Fsp3) is 0.533. The minimum Gasteiger partial charge on any atom is -0.391 e. The zero-order valence-electron chi connectivity index (χ0n) is 12.4. The average Bonchev–Trinajstić information content (AvgIpc) is 2.38. The summed E-state index contributed by atoms with van der Waals surface area (Å²) in [5, 5.41) is 18.0. The molecule has 112 valence electrons. The number of carbonyl (C=O) groups is 1. The third-order valence-electron chi connectivity index (χ3n) is 3.12. The molecule has 5 heteroatoms. The predicted molar refractivity (Wildman–Crippen MR) is 86.0 cm³/mol. The van der Waals surface area contributed by atoms with Gasteiger partial charge in [-0.2, -0.15) is 0 Å². The number of aryl methyl sites for hydroxylation is 1. The van der Waals surface area contributed by atoms with Crippen molar-refractivity contribution in [1.82, 2.24) is 0 Å². The van der Waals surface area contributed by atoms with Crippen LogP contribution in [0.3, 0.4) is 0 Å². The van der Waals surface area contributed by atoms with E-state index in [0.717, 1.165) is 16.8 Å². The van der Waals surface area contributed by atoms with E-state index in [-0.39, 0.29) is 29.9 Å². The average molecular weight is 298 g/mol. The predicted octanol–water partition coefficient (Wildman–Crippen LogP) is 0.847. The number of hydrogen-bond donors (Lipinski definition) is 2. The maximum absolute atomic E-state index is 12.3. The first-order valence-electron chi connectivity index (χ1n) is 6.66. The van der Waals surface area contributed by atoms with E-state index < -0.39 is 0 Å². The summed E-state index contributed by atoms with van der Waals surface area (Å²) in [6.07, 6.45) is 0. The number of anilines is 1. The van der Waals surface area contributed by atoms with Crippen LogP contribution in [0.25, 0.3) is 0 Å². The Kier molecular flexibility index (Phi) is 7.05. The number of hydrogen-bond acceptors (Lipinski definition) is 4. The Morgan fingerprint density at radius 3 is 2.25 bits per heavy atom. The topological polar surface area (TPSA) is 60.8 Å². The van der Waals surface area contributed by atoms with Gasteiger partial charge in [-0.15, -0.1) is 0 Å². The molecular formula is C15H24NO3S+. The Morgan fingerprint density at radius 2 is 1.80 bits per heavy atom. The van der Waals surface area contributed by atoms with Crippen LogP contribution in [0.2, 0.25) is 0 Å². The lowest BCUT2D eigenvalue weighted by atomic mass is 10.0. The van der Waals surface area contributed by atoms with E-state index in [9.17, 15) is 4.79 Å². The van der Waals surface area contributed by atoms with Crippen LogP contribution in [0.15, 0.2) is 18.2 Å². The summed E-state index contributed by atoms with van der Waals surface area (Å²) in [6.45, 7) is 2.07. The summed E-state index contributed by atoms with van der Waals surface area (Å²) in [6, 6.07) is 5.81. The second-order valence-corrected chi connectivity index (χ2v) is 7.26. The molecule has 2 N–H and O–H groups in total. The zero-order valence-corrected chi connectivity index (χ0v) is 13.2. The van der Waals surface area contributed by atoms with E-state index in [1.807, 2.05) is 44.1 Å². The number of aliphatic hydroxyl groups excluding tert-OH is 2. The molecule has 0 atom stereocenters. The van der Waals surface area contributed by atoms with Crippen molar-refractivity contribution < 1.29 is 15.0 Å². The van der Waals surface area contributed by atoms with Gasteiger partial charge in [-0.1, -0.05) is 0 Å². The van der Waals surface area contributed by atoms with Crippen LogP contribution in [-0.2, 0) is 10.9 Å². The molecule has 0 aliphatic carbocycles. The third kappa shape index (κ3) is 4.81. The fourth-order valence-electron chi connectivity index (χ4n) is 2.01. The molecule has 0 spiro atoms. The minimum absolute atomic E-state index is 0.0644. The number of aliphatic hydroxyl groups is 2. The van der Waals surface area contributed by atoms with Crippen LogP contribution in [0.1, 0.15) is 15.9 Å². The van der Waals surface area contributed by atoms with Crippen molar-refractivity contribution >= 4 is 22.4 Å². The Balaban J connectivity index is 2.81. The number of nitrogens with zero attached hydrogens (tertiary/aromatic N) is 1. The Morgan fingerprint density at radius 1 is 1.20 bits per heavy atom. The van der Waals surface area contributed by atoms with Crippen LogP contribution in [0.4, 0.5) is 5.69 Å². The van der Waals surface area contributed by atoms with E-state index >= 15 is 0 Å². The molecule has 0 saturated carbocycles. The highest BCUT2D eigenvalue weighted by Gasteiger charge is 2.23. The molecule has 0 aliphatic rings. The molecule has 4 nitrogen and oxygen atoms in total. The van der Waals surface area contributed by atoms with Crippen LogP contribution >= 0.6 is 0 Å². The van der Waals surface area contributed by atoms with E-state index in [1.165, 1.54) is 0 Å². The van der Waals surface area contributed by atoms with Crippen molar-refractivity contribution in [3.63, 3.8) is 0 Å². The van der Waals surface area contributed by atoms with E-state index in [2.05, 4.69) is 0 Å². The smallest absolute Gasteiger partial charge is 0.212 e. The van der Waals surface area contributed by atoms with Gasteiger partial charge in [0, 0.05) is 36.2 Å². The maximum atomic E-state index is 12.3. The zero-order chi connectivity index (χ0) is 15.1. The summed E-state index contributed by atoms with van der Waals surface area (Å²) in [4.78, 5) is 14.3. The standard InChI is InChI=1S/C15H24NO3S/c1-12-10-13(16(2)3)4-5-14(12)15(19)11-20(8-6-17)9-7-18/h4-5,10,17-18H,6-9,11H2,1-3H3/q+1. The van der Waals surface area contributed by atoms with Gasteiger partial charge in [0.25, 0.3) is 0 Å². The molecule has 20 heavy (non-hydrogen) atoms. The van der Waals surface area contributed by atoms with Crippen LogP contribution in [-0.4, -0.2) is 60.6 Å². The molecule has 0 aromatic heterocycles. The van der Waals surface area contributed by atoms with Crippen LogP contribution in [0, 0.1) is 6.92 Å². The van der Waals surface area contributed by atoms with Gasteiger partial charge >= 0.3 is 0 Å². The van der Waals surface area contributed by atoms with Crippen molar-refractivity contribution in [2.24, 2.45) is 0 Å². The molecule has 0 aliphatic heterocycles. The molecule has 1 aromatic carbocycles. The second kappa shape index (κ2) is 8.29. The third-order valence-corrected chi connectivity index (χ3v) is 5.31. The maximum Gasteiger partial charge on any atom is 0.212 e. The summed E-state index contributed by atoms with van der Waals surface area (Å²) < 4.78 is 0. The first kappa shape index (κ1) is 17.0. The summed E-state index contributed by atoms with van der Waals surface area (Å²) in [5.41, 5.74) is 2.78. The SMILES string of the molecule is Cc1cc(N(C)C)ccc1C(=O)C[S+](CCO)CCO. The normalized spacial score (nSPS) is 10.9. The quantitative estimate of drug-likeness (QED) is 0.552. The van der Waals surface area contributed by atoms with Crippen molar-refractivity contribution in [1.29, 1.82) is 0 Å². The van der Waals surface area contributed by atoms with Gasteiger partial charge in [0.15, 0.2) is 5.75 Å². The van der Waals surface area contributed by atoms with E-state index in [1.54, 1.807) is 0 Å². The number of ketones is 1. The molecule has 0 unspecified atom stereocenters. The summed E-state index contributed by atoms with van der Waals surface area (Å²) in [7, 11) is 3.70. The molecule has 0 heterocycles. The number of carbonyl (C=O) groups excluding carboxylic acids is 1. The largest absolute Gasteiger partial charge is 0.391 e. The number of rotatable bonds is 8. The lowest BCUT2D eigenvalue weighted by Gasteiger charge is -2.14. The Hall–Kier alpha value is -1.04. The molecule has 1 aromatic rings. The summed E-state index contributed by atoms with van der Waals surface area (Å²) >= 11 is 0. The first-order chi connectivity index (χ1) is 9.49. The highest BCUT2D eigenvalue weighted by molar-refractivity contribution is 7.97. The first-order valence-corrected chi connectivity index (χ1v) is 8.39. The molecular weight excluding hydrogens is 274 g/mol.